The molecule has 2 aliphatic rings. The van der Waals surface area contributed by atoms with Gasteiger partial charge in [0, 0.05) is 41.4 Å². The van der Waals surface area contributed by atoms with E-state index in [0.717, 1.165) is 47.5 Å². The number of thiophene rings is 1. The Labute approximate surface area is 196 Å². The first-order valence-electron chi connectivity index (χ1n) is 11.0. The lowest BCUT2D eigenvalue weighted by Gasteiger charge is -2.30. The summed E-state index contributed by atoms with van der Waals surface area (Å²) >= 11 is 8.25. The van der Waals surface area contributed by atoms with E-state index in [1.807, 2.05) is 29.2 Å². The van der Waals surface area contributed by atoms with E-state index in [4.69, 9.17) is 21.1 Å². The summed E-state index contributed by atoms with van der Waals surface area (Å²) in [6, 6.07) is 11.7. The van der Waals surface area contributed by atoms with Gasteiger partial charge in [0.25, 0.3) is 5.91 Å². The van der Waals surface area contributed by atoms with Crippen LogP contribution in [0.5, 0.6) is 5.88 Å². The summed E-state index contributed by atoms with van der Waals surface area (Å²) in [5.74, 6) is 1.36. The average molecular weight is 469 g/mol. The van der Waals surface area contributed by atoms with E-state index in [9.17, 15) is 4.79 Å². The first-order chi connectivity index (χ1) is 15.6. The first-order valence-corrected chi connectivity index (χ1v) is 12.2. The zero-order valence-corrected chi connectivity index (χ0v) is 19.5. The van der Waals surface area contributed by atoms with Crippen LogP contribution in [-0.4, -0.2) is 48.2 Å². The number of nitrogens with zero attached hydrogens (tertiary/aromatic N) is 2. The summed E-state index contributed by atoms with van der Waals surface area (Å²) in [6.45, 7) is 5.11. The van der Waals surface area contributed by atoms with Crippen molar-refractivity contribution in [2.24, 2.45) is 5.92 Å². The number of piperidine rings is 1. The Hall–Kier alpha value is -2.41. The van der Waals surface area contributed by atoms with Crippen molar-refractivity contribution < 1.29 is 14.3 Å². The van der Waals surface area contributed by atoms with Gasteiger partial charge >= 0.3 is 0 Å². The Morgan fingerprint density at radius 1 is 1.16 bits per heavy atom. The molecule has 5 rings (SSSR count). The van der Waals surface area contributed by atoms with Gasteiger partial charge in [-0.05, 0) is 59.5 Å². The molecule has 0 atom stereocenters. The molecule has 1 aromatic carbocycles. The monoisotopic (exact) mass is 468 g/mol. The second-order valence-corrected chi connectivity index (χ2v) is 9.85. The minimum Gasteiger partial charge on any atom is -0.469 e. The van der Waals surface area contributed by atoms with Crippen molar-refractivity contribution in [3.05, 3.63) is 58.6 Å². The number of pyridine rings is 1. The summed E-state index contributed by atoms with van der Waals surface area (Å²) in [5.41, 5.74) is 3.71. The standard InChI is InChI=1S/C25H25ClN2O3S/c1-16-5-8-28(9-6-16)25(29)18-2-3-21(22(26)10-18)23-11-19(15-32-23)17-4-7-27-24(12-17)31-20-13-30-14-20/h2-4,7,10-12,15-16,20H,5-6,8-9,13-14H2,1H3. The van der Waals surface area contributed by atoms with Crippen molar-refractivity contribution in [3.63, 3.8) is 0 Å². The van der Waals surface area contributed by atoms with Crippen LogP contribution in [0.4, 0.5) is 0 Å². The number of rotatable bonds is 5. The van der Waals surface area contributed by atoms with E-state index in [2.05, 4.69) is 23.4 Å². The lowest BCUT2D eigenvalue weighted by Crippen LogP contribution is -2.38. The van der Waals surface area contributed by atoms with Crippen LogP contribution in [0.25, 0.3) is 21.6 Å². The topological polar surface area (TPSA) is 51.7 Å². The van der Waals surface area contributed by atoms with Crippen LogP contribution in [0.2, 0.25) is 5.02 Å². The molecule has 0 aliphatic carbocycles. The van der Waals surface area contributed by atoms with Gasteiger partial charge in [-0.2, -0.15) is 0 Å². The average Bonchev–Trinajstić information content (AvgIpc) is 3.26. The van der Waals surface area contributed by atoms with Crippen molar-refractivity contribution in [1.29, 1.82) is 0 Å². The highest BCUT2D eigenvalue weighted by atomic mass is 35.5. The fourth-order valence-corrected chi connectivity index (χ4v) is 5.27. The van der Waals surface area contributed by atoms with Crippen LogP contribution >= 0.6 is 22.9 Å². The molecule has 4 heterocycles. The summed E-state index contributed by atoms with van der Waals surface area (Å²) in [5, 5.41) is 2.70. The van der Waals surface area contributed by atoms with E-state index in [1.165, 1.54) is 0 Å². The lowest BCUT2D eigenvalue weighted by molar-refractivity contribution is -0.0813. The van der Waals surface area contributed by atoms with Crippen LogP contribution in [0, 0.1) is 5.92 Å². The number of carbonyl (C=O) groups is 1. The van der Waals surface area contributed by atoms with Crippen molar-refractivity contribution in [3.8, 4) is 27.4 Å². The molecular weight excluding hydrogens is 444 g/mol. The molecule has 32 heavy (non-hydrogen) atoms. The maximum absolute atomic E-state index is 12.9. The summed E-state index contributed by atoms with van der Waals surface area (Å²) in [6.07, 6.45) is 3.97. The Morgan fingerprint density at radius 2 is 1.97 bits per heavy atom. The molecule has 0 N–H and O–H groups in total. The van der Waals surface area contributed by atoms with Gasteiger partial charge in [-0.25, -0.2) is 4.98 Å². The van der Waals surface area contributed by atoms with Crippen LogP contribution in [0.1, 0.15) is 30.1 Å². The number of benzene rings is 1. The number of carbonyl (C=O) groups excluding carboxylic acids is 1. The molecule has 2 aliphatic heterocycles. The van der Waals surface area contributed by atoms with Crippen LogP contribution in [-0.2, 0) is 4.74 Å². The Kier molecular flexibility index (Phi) is 6.17. The van der Waals surface area contributed by atoms with Gasteiger partial charge in [0.1, 0.15) is 6.10 Å². The molecule has 0 radical (unpaired) electrons. The van der Waals surface area contributed by atoms with Crippen molar-refractivity contribution >= 4 is 28.8 Å². The van der Waals surface area contributed by atoms with Crippen LogP contribution in [0.15, 0.2) is 48.0 Å². The Morgan fingerprint density at radius 3 is 2.69 bits per heavy atom. The van der Waals surface area contributed by atoms with Crippen molar-refractivity contribution in [2.45, 2.75) is 25.9 Å². The minimum absolute atomic E-state index is 0.0680. The lowest BCUT2D eigenvalue weighted by atomic mass is 9.98. The predicted octanol–water partition coefficient (Wildman–Crippen LogP) is 5.78. The maximum Gasteiger partial charge on any atom is 0.253 e. The number of halogens is 1. The van der Waals surface area contributed by atoms with Crippen molar-refractivity contribution in [1.82, 2.24) is 9.88 Å². The van der Waals surface area contributed by atoms with Crippen LogP contribution < -0.4 is 4.74 Å². The van der Waals surface area contributed by atoms with Gasteiger partial charge in [-0.15, -0.1) is 11.3 Å². The fourth-order valence-electron chi connectivity index (χ4n) is 3.98. The van der Waals surface area contributed by atoms with Gasteiger partial charge in [0.15, 0.2) is 0 Å². The molecule has 2 saturated heterocycles. The molecule has 0 spiro atoms. The number of aromatic nitrogens is 1. The van der Waals surface area contributed by atoms with E-state index < -0.39 is 0 Å². The van der Waals surface area contributed by atoms with Gasteiger partial charge in [-0.1, -0.05) is 24.6 Å². The van der Waals surface area contributed by atoms with Gasteiger partial charge in [0.2, 0.25) is 5.88 Å². The highest BCUT2D eigenvalue weighted by Gasteiger charge is 2.23. The molecular formula is C25H25ClN2O3S. The van der Waals surface area contributed by atoms with E-state index >= 15 is 0 Å². The second-order valence-electron chi connectivity index (χ2n) is 8.53. The predicted molar refractivity (Wildman–Crippen MR) is 128 cm³/mol. The third-order valence-corrected chi connectivity index (χ3v) is 7.39. The van der Waals surface area contributed by atoms with E-state index in [-0.39, 0.29) is 12.0 Å². The zero-order valence-electron chi connectivity index (χ0n) is 17.9. The first kappa shape index (κ1) is 21.4. The molecule has 166 valence electrons. The Bertz CT molecular complexity index is 1120. The second kappa shape index (κ2) is 9.22. The molecule has 5 nitrogen and oxygen atoms in total. The largest absolute Gasteiger partial charge is 0.469 e. The Balaban J connectivity index is 1.33. The molecule has 2 aromatic heterocycles. The summed E-state index contributed by atoms with van der Waals surface area (Å²) < 4.78 is 11.0. The summed E-state index contributed by atoms with van der Waals surface area (Å²) in [7, 11) is 0. The maximum atomic E-state index is 12.9. The smallest absolute Gasteiger partial charge is 0.253 e. The highest BCUT2D eigenvalue weighted by molar-refractivity contribution is 7.14. The number of likely N-dealkylation sites (tertiary alicyclic amines) is 1. The normalized spacial score (nSPS) is 17.2. The number of hydrogen-bond donors (Lipinski definition) is 0. The molecule has 3 aromatic rings. The quantitative estimate of drug-likeness (QED) is 0.476. The van der Waals surface area contributed by atoms with Crippen molar-refractivity contribution in [2.75, 3.05) is 26.3 Å². The third kappa shape index (κ3) is 4.53. The zero-order chi connectivity index (χ0) is 22.1. The number of hydrogen-bond acceptors (Lipinski definition) is 5. The van der Waals surface area contributed by atoms with Gasteiger partial charge in [0.05, 0.1) is 18.2 Å². The molecule has 0 bridgehead atoms. The SMILES string of the molecule is CC1CCN(C(=O)c2ccc(-c3cc(-c4ccnc(OC5COC5)c4)cs3)c(Cl)c2)CC1. The van der Waals surface area contributed by atoms with Crippen LogP contribution in [0.3, 0.4) is 0 Å². The molecule has 0 saturated carbocycles. The van der Waals surface area contributed by atoms with Gasteiger partial charge < -0.3 is 14.4 Å². The van der Waals surface area contributed by atoms with Gasteiger partial charge in [-0.3, -0.25) is 4.79 Å². The summed E-state index contributed by atoms with van der Waals surface area (Å²) in [4.78, 5) is 20.2. The highest BCUT2D eigenvalue weighted by Crippen LogP contribution is 2.37. The molecule has 1 amide bonds. The minimum atomic E-state index is 0.0680. The third-order valence-electron chi connectivity index (χ3n) is 6.11. The number of amides is 1. The molecule has 7 heteroatoms. The fraction of sp³-hybridized carbons (Fsp3) is 0.360. The molecule has 2 fully saturated rings. The molecule has 0 unspecified atom stereocenters. The van der Waals surface area contributed by atoms with E-state index in [0.29, 0.717) is 35.6 Å². The van der Waals surface area contributed by atoms with E-state index in [1.54, 1.807) is 23.6 Å². The number of ether oxygens (including phenoxy) is 2.